The van der Waals surface area contributed by atoms with Crippen LogP contribution in [0.25, 0.3) is 0 Å². The summed E-state index contributed by atoms with van der Waals surface area (Å²) in [7, 11) is 3.44. The number of aryl methyl sites for hydroxylation is 1. The summed E-state index contributed by atoms with van der Waals surface area (Å²) >= 11 is 0. The Kier molecular flexibility index (Phi) is 8.19. The molecule has 0 aliphatic heterocycles. The van der Waals surface area contributed by atoms with Gasteiger partial charge in [0.1, 0.15) is 0 Å². The molecule has 2 N–H and O–H groups in total. The van der Waals surface area contributed by atoms with Crippen LogP contribution in [0.2, 0.25) is 0 Å². The normalized spacial score (nSPS) is 11.5. The molecular weight excluding hydrogens is 264 g/mol. The molecule has 0 spiro atoms. The molecule has 0 aromatic heterocycles. The van der Waals surface area contributed by atoms with Crippen LogP contribution in [-0.2, 0) is 16.0 Å². The number of hydrogen-bond donors (Lipinski definition) is 1. The molecule has 1 aromatic carbocycles. The van der Waals surface area contributed by atoms with E-state index in [1.54, 1.807) is 19.1 Å². The number of rotatable bonds is 6. The number of nitrogens with two attached hydrogens (primary N) is 1. The van der Waals surface area contributed by atoms with Crippen LogP contribution in [0.3, 0.4) is 0 Å². The average Bonchev–Trinajstić information content (AvgIpc) is 2.36. The third kappa shape index (κ3) is 5.49. The number of nitrogens with zero attached hydrogens (tertiary/aromatic N) is 1. The average molecular weight is 287 g/mol. The Morgan fingerprint density at radius 3 is 2.63 bits per heavy atom. The minimum Gasteiger partial charge on any atom is -0.399 e. The van der Waals surface area contributed by atoms with Gasteiger partial charge in [0, 0.05) is 26.3 Å². The van der Waals surface area contributed by atoms with Gasteiger partial charge < -0.3 is 15.4 Å². The van der Waals surface area contributed by atoms with E-state index in [0.717, 1.165) is 11.3 Å². The summed E-state index contributed by atoms with van der Waals surface area (Å²) < 4.78 is 5.04. The molecule has 1 aromatic rings. The predicted molar refractivity (Wildman–Crippen MR) is 80.5 cm³/mol. The van der Waals surface area contributed by atoms with Crippen molar-refractivity contribution >= 4 is 24.0 Å². The lowest BCUT2D eigenvalue weighted by molar-refractivity contribution is -0.132. The van der Waals surface area contributed by atoms with Crippen LogP contribution in [0.4, 0.5) is 5.69 Å². The number of para-hydroxylation sites is 1. The molecule has 5 heteroatoms. The van der Waals surface area contributed by atoms with Crippen molar-refractivity contribution in [1.29, 1.82) is 0 Å². The summed E-state index contributed by atoms with van der Waals surface area (Å²) in [6.45, 7) is 2.52. The molecule has 0 radical (unpaired) electrons. The first-order valence-electron chi connectivity index (χ1n) is 6.14. The number of methoxy groups -OCH3 is 1. The fourth-order valence-electron chi connectivity index (χ4n) is 1.78. The maximum atomic E-state index is 12.0. The van der Waals surface area contributed by atoms with Crippen molar-refractivity contribution in [1.82, 2.24) is 4.90 Å². The Morgan fingerprint density at radius 1 is 1.42 bits per heavy atom. The first-order chi connectivity index (χ1) is 8.56. The van der Waals surface area contributed by atoms with Gasteiger partial charge in [0.05, 0.1) is 12.6 Å². The fraction of sp³-hybridized carbons (Fsp3) is 0.500. The molecule has 0 aliphatic carbocycles. The quantitative estimate of drug-likeness (QED) is 0.815. The first-order valence-corrected chi connectivity index (χ1v) is 6.14. The summed E-state index contributed by atoms with van der Waals surface area (Å²) in [5.74, 6) is 0.114. The van der Waals surface area contributed by atoms with Crippen LogP contribution in [0, 0.1) is 0 Å². The topological polar surface area (TPSA) is 55.6 Å². The van der Waals surface area contributed by atoms with Gasteiger partial charge in [-0.25, -0.2) is 0 Å². The van der Waals surface area contributed by atoms with Crippen LogP contribution >= 0.6 is 12.4 Å². The smallest absolute Gasteiger partial charge is 0.222 e. The highest BCUT2D eigenvalue weighted by atomic mass is 35.5. The molecule has 0 heterocycles. The Balaban J connectivity index is 0.00000324. The van der Waals surface area contributed by atoms with Crippen molar-refractivity contribution in [2.45, 2.75) is 25.8 Å². The first kappa shape index (κ1) is 17.7. The van der Waals surface area contributed by atoms with Gasteiger partial charge >= 0.3 is 0 Å². The molecule has 0 fully saturated rings. The Hall–Kier alpha value is -1.26. The van der Waals surface area contributed by atoms with Crippen LogP contribution in [-0.4, -0.2) is 37.6 Å². The van der Waals surface area contributed by atoms with E-state index in [0.29, 0.717) is 19.4 Å². The molecule has 0 aliphatic rings. The number of carbonyl (C=O) groups is 1. The Morgan fingerprint density at radius 2 is 2.05 bits per heavy atom. The molecule has 0 saturated heterocycles. The second-order valence-electron chi connectivity index (χ2n) is 4.51. The van der Waals surface area contributed by atoms with Gasteiger partial charge in [-0.2, -0.15) is 0 Å². The number of amides is 1. The maximum absolute atomic E-state index is 12.0. The van der Waals surface area contributed by atoms with E-state index in [-0.39, 0.29) is 24.4 Å². The molecule has 1 rings (SSSR count). The second kappa shape index (κ2) is 8.77. The number of ether oxygens (including phenoxy) is 1. The van der Waals surface area contributed by atoms with Crippen molar-refractivity contribution in [3.63, 3.8) is 0 Å². The predicted octanol–water partition coefficient (Wildman–Crippen LogP) is 2.12. The SMILES string of the molecule is COCC(C)N(C)C(=O)CCc1ccccc1N.Cl. The summed E-state index contributed by atoms with van der Waals surface area (Å²) in [6, 6.07) is 7.75. The van der Waals surface area contributed by atoms with Crippen molar-refractivity contribution < 1.29 is 9.53 Å². The van der Waals surface area contributed by atoms with Crippen molar-refractivity contribution in [3.8, 4) is 0 Å². The molecule has 4 nitrogen and oxygen atoms in total. The van der Waals surface area contributed by atoms with Crippen molar-refractivity contribution in [3.05, 3.63) is 29.8 Å². The van der Waals surface area contributed by atoms with Gasteiger partial charge in [-0.05, 0) is 25.0 Å². The molecular formula is C14H23ClN2O2. The number of halogens is 1. The number of benzene rings is 1. The highest BCUT2D eigenvalue weighted by molar-refractivity contribution is 5.85. The number of nitrogen functional groups attached to an aromatic ring is 1. The summed E-state index contributed by atoms with van der Waals surface area (Å²) in [6.07, 6.45) is 1.15. The third-order valence-electron chi connectivity index (χ3n) is 3.13. The summed E-state index contributed by atoms with van der Waals surface area (Å²) in [5.41, 5.74) is 7.62. The molecule has 19 heavy (non-hydrogen) atoms. The van der Waals surface area contributed by atoms with Crippen LogP contribution in [0.1, 0.15) is 18.9 Å². The number of hydrogen-bond acceptors (Lipinski definition) is 3. The fourth-order valence-corrected chi connectivity index (χ4v) is 1.78. The zero-order valence-electron chi connectivity index (χ0n) is 11.8. The van der Waals surface area contributed by atoms with Crippen molar-refractivity contribution in [2.24, 2.45) is 0 Å². The molecule has 0 saturated carbocycles. The van der Waals surface area contributed by atoms with Gasteiger partial charge in [-0.1, -0.05) is 18.2 Å². The van der Waals surface area contributed by atoms with Crippen LogP contribution in [0.15, 0.2) is 24.3 Å². The lowest BCUT2D eigenvalue weighted by Crippen LogP contribution is -2.37. The van der Waals surface area contributed by atoms with E-state index in [9.17, 15) is 4.79 Å². The lowest BCUT2D eigenvalue weighted by Gasteiger charge is -2.24. The number of likely N-dealkylation sites (N-methyl/N-ethyl adjacent to an activating group) is 1. The van der Waals surface area contributed by atoms with Gasteiger partial charge in [0.2, 0.25) is 5.91 Å². The zero-order valence-corrected chi connectivity index (χ0v) is 12.6. The van der Waals surface area contributed by atoms with Gasteiger partial charge in [-0.3, -0.25) is 4.79 Å². The lowest BCUT2D eigenvalue weighted by atomic mass is 10.1. The summed E-state index contributed by atoms with van der Waals surface area (Å²) in [4.78, 5) is 13.7. The van der Waals surface area contributed by atoms with Crippen LogP contribution < -0.4 is 5.73 Å². The molecule has 0 bridgehead atoms. The maximum Gasteiger partial charge on any atom is 0.222 e. The highest BCUT2D eigenvalue weighted by Gasteiger charge is 2.15. The van der Waals surface area contributed by atoms with E-state index in [1.165, 1.54) is 0 Å². The number of carbonyl (C=O) groups excluding carboxylic acids is 1. The van der Waals surface area contributed by atoms with E-state index in [2.05, 4.69) is 0 Å². The van der Waals surface area contributed by atoms with Gasteiger partial charge in [-0.15, -0.1) is 12.4 Å². The Bertz CT molecular complexity index is 399. The van der Waals surface area contributed by atoms with E-state index >= 15 is 0 Å². The van der Waals surface area contributed by atoms with E-state index < -0.39 is 0 Å². The van der Waals surface area contributed by atoms with Gasteiger partial charge in [0.15, 0.2) is 0 Å². The van der Waals surface area contributed by atoms with E-state index in [1.807, 2.05) is 31.2 Å². The minimum atomic E-state index is 0. The molecule has 108 valence electrons. The molecule has 1 atom stereocenters. The highest BCUT2D eigenvalue weighted by Crippen LogP contribution is 2.13. The Labute approximate surface area is 121 Å². The van der Waals surface area contributed by atoms with Crippen molar-refractivity contribution in [2.75, 3.05) is 26.5 Å². The van der Waals surface area contributed by atoms with Crippen LogP contribution in [0.5, 0.6) is 0 Å². The van der Waals surface area contributed by atoms with Gasteiger partial charge in [0.25, 0.3) is 0 Å². The second-order valence-corrected chi connectivity index (χ2v) is 4.51. The minimum absolute atomic E-state index is 0. The monoisotopic (exact) mass is 286 g/mol. The zero-order chi connectivity index (χ0) is 13.5. The third-order valence-corrected chi connectivity index (χ3v) is 3.13. The summed E-state index contributed by atoms with van der Waals surface area (Å²) in [5, 5.41) is 0. The molecule has 1 unspecified atom stereocenters. The number of anilines is 1. The van der Waals surface area contributed by atoms with E-state index in [4.69, 9.17) is 10.5 Å². The largest absolute Gasteiger partial charge is 0.399 e. The molecule has 1 amide bonds. The standard InChI is InChI=1S/C14H22N2O2.ClH/c1-11(10-18-3)16(2)14(17)9-8-12-6-4-5-7-13(12)15;/h4-7,11H,8-10,15H2,1-3H3;1H.